The summed E-state index contributed by atoms with van der Waals surface area (Å²) in [5.41, 5.74) is 1.71. The van der Waals surface area contributed by atoms with Gasteiger partial charge in [-0.25, -0.2) is 14.4 Å². The molecule has 4 amide bonds. The number of nitrogens with one attached hydrogen (secondary N) is 3. The highest BCUT2D eigenvalue weighted by Crippen LogP contribution is 2.19. The second-order valence-electron chi connectivity index (χ2n) is 7.84. The third kappa shape index (κ3) is 7.22. The minimum Gasteiger partial charge on any atom is -0.480 e. The Hall–Kier alpha value is -4.08. The summed E-state index contributed by atoms with van der Waals surface area (Å²) in [5.74, 6) is -1.90. The van der Waals surface area contributed by atoms with Crippen molar-refractivity contribution in [1.29, 1.82) is 0 Å². The molecule has 2 aromatic rings. The summed E-state index contributed by atoms with van der Waals surface area (Å²) in [6.45, 7) is 0.375. The molecule has 1 aliphatic rings. The number of rotatable bonds is 9. The smallest absolute Gasteiger partial charge is 0.410 e. The van der Waals surface area contributed by atoms with Gasteiger partial charge in [0.25, 0.3) is 0 Å². The van der Waals surface area contributed by atoms with Crippen molar-refractivity contribution in [1.82, 2.24) is 20.9 Å². The number of carbonyl (C=O) groups is 4. The van der Waals surface area contributed by atoms with Gasteiger partial charge in [0.1, 0.15) is 18.7 Å². The molecule has 0 saturated carbocycles. The van der Waals surface area contributed by atoms with Crippen molar-refractivity contribution in [3.8, 4) is 0 Å². The van der Waals surface area contributed by atoms with Crippen molar-refractivity contribution in [2.24, 2.45) is 0 Å². The van der Waals surface area contributed by atoms with Gasteiger partial charge in [-0.05, 0) is 24.0 Å². The predicted molar refractivity (Wildman–Crippen MR) is 123 cm³/mol. The zero-order chi connectivity index (χ0) is 24.3. The zero-order valence-corrected chi connectivity index (χ0v) is 18.6. The molecule has 10 heteroatoms. The van der Waals surface area contributed by atoms with Gasteiger partial charge in [0.2, 0.25) is 5.91 Å². The third-order valence-corrected chi connectivity index (χ3v) is 5.37. The normalized spacial score (nSPS) is 15.8. The van der Waals surface area contributed by atoms with Gasteiger partial charge >= 0.3 is 18.1 Å². The van der Waals surface area contributed by atoms with Crippen molar-refractivity contribution in [3.05, 3.63) is 71.8 Å². The molecule has 1 saturated heterocycles. The fourth-order valence-electron chi connectivity index (χ4n) is 3.56. The first-order valence-corrected chi connectivity index (χ1v) is 11.0. The molecule has 3 rings (SSSR count). The number of amides is 4. The highest BCUT2D eigenvalue weighted by atomic mass is 16.6. The summed E-state index contributed by atoms with van der Waals surface area (Å²) in [5, 5.41) is 17.0. The Morgan fingerprint density at radius 3 is 2.26 bits per heavy atom. The molecule has 180 valence electrons. The number of carboxylic acids is 1. The van der Waals surface area contributed by atoms with Gasteiger partial charge in [-0.3, -0.25) is 9.69 Å². The van der Waals surface area contributed by atoms with Crippen molar-refractivity contribution in [2.45, 2.75) is 38.1 Å². The first-order valence-electron chi connectivity index (χ1n) is 11.0. The van der Waals surface area contributed by atoms with Crippen LogP contribution in [0.25, 0.3) is 0 Å². The Morgan fingerprint density at radius 2 is 1.62 bits per heavy atom. The van der Waals surface area contributed by atoms with E-state index in [0.29, 0.717) is 19.4 Å². The van der Waals surface area contributed by atoms with Crippen LogP contribution in [0.1, 0.15) is 24.0 Å². The van der Waals surface area contributed by atoms with Crippen LogP contribution in [0, 0.1) is 0 Å². The van der Waals surface area contributed by atoms with Crippen molar-refractivity contribution >= 4 is 24.0 Å². The van der Waals surface area contributed by atoms with E-state index in [1.165, 1.54) is 4.90 Å². The summed E-state index contributed by atoms with van der Waals surface area (Å²) in [6, 6.07) is 15.6. The van der Waals surface area contributed by atoms with Gasteiger partial charge < -0.3 is 25.8 Å². The molecule has 2 aromatic carbocycles. The summed E-state index contributed by atoms with van der Waals surface area (Å²) < 4.78 is 5.31. The van der Waals surface area contributed by atoms with Crippen LogP contribution < -0.4 is 16.0 Å². The lowest BCUT2D eigenvalue weighted by Crippen LogP contribution is -2.54. The first-order chi connectivity index (χ1) is 16.4. The molecular weight excluding hydrogens is 440 g/mol. The number of likely N-dealkylation sites (tertiary alicyclic amines) is 1. The average Bonchev–Trinajstić information content (AvgIpc) is 3.35. The van der Waals surface area contributed by atoms with Gasteiger partial charge in [-0.2, -0.15) is 0 Å². The molecule has 2 atom stereocenters. The number of carbonyl (C=O) groups excluding carboxylic acids is 3. The summed E-state index contributed by atoms with van der Waals surface area (Å²) in [7, 11) is 0. The third-order valence-electron chi connectivity index (χ3n) is 5.37. The number of benzene rings is 2. The lowest BCUT2D eigenvalue weighted by atomic mass is 10.2. The molecule has 0 spiro atoms. The molecular formula is C24H28N4O6. The number of urea groups is 1. The molecule has 0 bridgehead atoms. The molecule has 2 unspecified atom stereocenters. The first kappa shape index (κ1) is 24.6. The molecule has 0 aliphatic carbocycles. The molecule has 1 heterocycles. The maximum absolute atomic E-state index is 12.8. The van der Waals surface area contributed by atoms with E-state index in [0.717, 1.165) is 11.1 Å². The molecule has 0 radical (unpaired) electrons. The Morgan fingerprint density at radius 1 is 0.971 bits per heavy atom. The van der Waals surface area contributed by atoms with Crippen molar-refractivity contribution in [3.63, 3.8) is 0 Å². The predicted octanol–water partition coefficient (Wildman–Crippen LogP) is 1.86. The van der Waals surface area contributed by atoms with Crippen LogP contribution in [0.2, 0.25) is 0 Å². The summed E-state index contributed by atoms with van der Waals surface area (Å²) in [6.07, 6.45) is 0.354. The molecule has 4 N–H and O–H groups in total. The molecule has 1 fully saturated rings. The monoisotopic (exact) mass is 468 g/mol. The lowest BCUT2D eigenvalue weighted by molar-refractivity contribution is -0.142. The van der Waals surface area contributed by atoms with E-state index in [4.69, 9.17) is 4.74 Å². The Kier molecular flexibility index (Phi) is 8.84. The van der Waals surface area contributed by atoms with Crippen LogP contribution in [0.15, 0.2) is 60.7 Å². The number of ether oxygens (including phenoxy) is 1. The minimum atomic E-state index is -1.35. The largest absolute Gasteiger partial charge is 0.480 e. The van der Waals surface area contributed by atoms with Crippen molar-refractivity contribution < 1.29 is 29.0 Å². The van der Waals surface area contributed by atoms with Gasteiger partial charge in [0.15, 0.2) is 0 Å². The van der Waals surface area contributed by atoms with E-state index in [2.05, 4.69) is 16.0 Å². The zero-order valence-electron chi connectivity index (χ0n) is 18.6. The van der Waals surface area contributed by atoms with Gasteiger partial charge in [-0.1, -0.05) is 60.7 Å². The summed E-state index contributed by atoms with van der Waals surface area (Å²) >= 11 is 0. The van der Waals surface area contributed by atoms with Gasteiger partial charge in [-0.15, -0.1) is 0 Å². The van der Waals surface area contributed by atoms with Crippen LogP contribution in [-0.4, -0.2) is 59.2 Å². The SMILES string of the molecule is O=C(NCc1ccccc1)NCC(NC(=O)C1CCCN1C(=O)OCc1ccccc1)C(=O)O. The number of hydrogen-bond donors (Lipinski definition) is 4. The van der Waals surface area contributed by atoms with E-state index in [9.17, 15) is 24.3 Å². The lowest BCUT2D eigenvalue weighted by Gasteiger charge is -2.25. The second kappa shape index (κ2) is 12.2. The van der Waals surface area contributed by atoms with Crippen LogP contribution in [0.5, 0.6) is 0 Å². The molecule has 10 nitrogen and oxygen atoms in total. The number of hydrogen-bond acceptors (Lipinski definition) is 5. The van der Waals surface area contributed by atoms with Crippen LogP contribution >= 0.6 is 0 Å². The van der Waals surface area contributed by atoms with Gasteiger partial charge in [0.05, 0.1) is 6.54 Å². The standard InChI is InChI=1S/C24H28N4O6/c29-21(20-12-7-13-28(20)24(33)34-16-18-10-5-2-6-11-18)27-19(22(30)31)15-26-23(32)25-14-17-8-3-1-4-9-17/h1-6,8-11,19-20H,7,12-16H2,(H,27,29)(H,30,31)(H2,25,26,32). The highest BCUT2D eigenvalue weighted by Gasteiger charge is 2.36. The molecule has 34 heavy (non-hydrogen) atoms. The fraction of sp³-hybridized carbons (Fsp3) is 0.333. The molecule has 0 aromatic heterocycles. The topological polar surface area (TPSA) is 137 Å². The van der Waals surface area contributed by atoms with E-state index < -0.39 is 36.1 Å². The van der Waals surface area contributed by atoms with Crippen molar-refractivity contribution in [2.75, 3.05) is 13.1 Å². The van der Waals surface area contributed by atoms with Crippen LogP contribution in [0.3, 0.4) is 0 Å². The van der Waals surface area contributed by atoms with Gasteiger partial charge in [0, 0.05) is 13.1 Å². The summed E-state index contributed by atoms with van der Waals surface area (Å²) in [4.78, 5) is 50.2. The maximum Gasteiger partial charge on any atom is 0.410 e. The molecule has 1 aliphatic heterocycles. The minimum absolute atomic E-state index is 0.0737. The van der Waals surface area contributed by atoms with E-state index in [-0.39, 0.29) is 19.7 Å². The van der Waals surface area contributed by atoms with E-state index in [1.807, 2.05) is 60.7 Å². The number of nitrogens with zero attached hydrogens (tertiary/aromatic N) is 1. The Labute approximate surface area is 197 Å². The second-order valence-corrected chi connectivity index (χ2v) is 7.84. The fourth-order valence-corrected chi connectivity index (χ4v) is 3.56. The van der Waals surface area contributed by atoms with E-state index in [1.54, 1.807) is 0 Å². The Balaban J connectivity index is 1.48. The average molecular weight is 469 g/mol. The Bertz CT molecular complexity index is 985. The number of carboxylic acid groups (broad SMARTS) is 1. The van der Waals surface area contributed by atoms with Crippen LogP contribution in [0.4, 0.5) is 9.59 Å². The maximum atomic E-state index is 12.8. The van der Waals surface area contributed by atoms with E-state index >= 15 is 0 Å². The number of aliphatic carboxylic acids is 1. The quantitative estimate of drug-likeness (QED) is 0.443. The van der Waals surface area contributed by atoms with Crippen LogP contribution in [-0.2, 0) is 27.5 Å². The highest BCUT2D eigenvalue weighted by molar-refractivity contribution is 5.90.